The second-order valence-corrected chi connectivity index (χ2v) is 5.81. The topological polar surface area (TPSA) is 21.3 Å². The minimum Gasteiger partial charge on any atom is -0.493 e. The summed E-state index contributed by atoms with van der Waals surface area (Å²) in [4.78, 5) is 0. The Labute approximate surface area is 131 Å². The van der Waals surface area contributed by atoms with Gasteiger partial charge in [0, 0.05) is 18.0 Å². The Morgan fingerprint density at radius 2 is 1.95 bits per heavy atom. The number of ether oxygens (including phenoxy) is 1. The maximum absolute atomic E-state index is 6.30. The number of nitrogens with one attached hydrogen (secondary N) is 1. The van der Waals surface area contributed by atoms with Gasteiger partial charge in [0.05, 0.1) is 6.61 Å². The lowest BCUT2D eigenvalue weighted by atomic mass is 10.00. The van der Waals surface area contributed by atoms with Gasteiger partial charge in [-0.05, 0) is 59.5 Å². The van der Waals surface area contributed by atoms with Crippen LogP contribution in [0.25, 0.3) is 11.1 Å². The normalized spacial score (nSPS) is 13.0. The van der Waals surface area contributed by atoms with E-state index in [-0.39, 0.29) is 0 Å². The van der Waals surface area contributed by atoms with Gasteiger partial charge in [-0.3, -0.25) is 0 Å². The first-order valence-corrected chi connectivity index (χ1v) is 7.91. The van der Waals surface area contributed by atoms with Gasteiger partial charge in [-0.25, -0.2) is 0 Å². The Bertz CT molecular complexity index is 639. The number of hydrogen-bond acceptors (Lipinski definition) is 2. The molecule has 2 nitrogen and oxygen atoms in total. The van der Waals surface area contributed by atoms with Crippen molar-refractivity contribution in [3.05, 3.63) is 52.5 Å². The van der Waals surface area contributed by atoms with Crippen molar-refractivity contribution in [1.82, 2.24) is 5.32 Å². The maximum Gasteiger partial charge on any atom is 0.122 e. The van der Waals surface area contributed by atoms with Gasteiger partial charge in [0.2, 0.25) is 0 Å². The zero-order chi connectivity index (χ0) is 14.7. The Morgan fingerprint density at radius 3 is 2.81 bits per heavy atom. The largest absolute Gasteiger partial charge is 0.493 e. The molecule has 0 unspecified atom stereocenters. The summed E-state index contributed by atoms with van der Waals surface area (Å²) in [7, 11) is 0. The van der Waals surface area contributed by atoms with Crippen molar-refractivity contribution in [1.29, 1.82) is 0 Å². The summed E-state index contributed by atoms with van der Waals surface area (Å²) >= 11 is 6.30. The average molecular weight is 302 g/mol. The maximum atomic E-state index is 6.30. The third-order valence-electron chi connectivity index (χ3n) is 3.81. The third-order valence-corrected chi connectivity index (χ3v) is 4.18. The van der Waals surface area contributed by atoms with E-state index in [1.807, 2.05) is 6.07 Å². The van der Waals surface area contributed by atoms with Gasteiger partial charge < -0.3 is 10.1 Å². The highest BCUT2D eigenvalue weighted by molar-refractivity contribution is 6.31. The summed E-state index contributed by atoms with van der Waals surface area (Å²) in [6.45, 7) is 4.79. The molecule has 1 N–H and O–H groups in total. The lowest BCUT2D eigenvalue weighted by Gasteiger charge is -2.10. The van der Waals surface area contributed by atoms with E-state index in [0.29, 0.717) is 0 Å². The van der Waals surface area contributed by atoms with Crippen molar-refractivity contribution in [2.45, 2.75) is 26.3 Å². The van der Waals surface area contributed by atoms with Crippen LogP contribution in [0.3, 0.4) is 0 Å². The highest BCUT2D eigenvalue weighted by Gasteiger charge is 2.13. The predicted molar refractivity (Wildman–Crippen MR) is 88.1 cm³/mol. The molecule has 0 fully saturated rings. The molecule has 0 amide bonds. The van der Waals surface area contributed by atoms with Gasteiger partial charge in [0.1, 0.15) is 5.75 Å². The van der Waals surface area contributed by atoms with Gasteiger partial charge in [0.15, 0.2) is 0 Å². The zero-order valence-corrected chi connectivity index (χ0v) is 13.0. The van der Waals surface area contributed by atoms with E-state index in [4.69, 9.17) is 16.3 Å². The summed E-state index contributed by atoms with van der Waals surface area (Å²) in [6.07, 6.45) is 2.13. The van der Waals surface area contributed by atoms with Crippen LogP contribution in [-0.4, -0.2) is 13.2 Å². The fraction of sp³-hybridized carbons (Fsp3) is 0.333. The number of hydrogen-bond donors (Lipinski definition) is 1. The van der Waals surface area contributed by atoms with Gasteiger partial charge >= 0.3 is 0 Å². The van der Waals surface area contributed by atoms with Crippen LogP contribution in [0.2, 0.25) is 5.02 Å². The van der Waals surface area contributed by atoms with E-state index < -0.39 is 0 Å². The molecule has 2 aromatic rings. The molecule has 0 radical (unpaired) electrons. The highest BCUT2D eigenvalue weighted by atomic mass is 35.5. The Morgan fingerprint density at radius 1 is 1.14 bits per heavy atom. The molecule has 21 heavy (non-hydrogen) atoms. The molecule has 0 aliphatic carbocycles. The Kier molecular flexibility index (Phi) is 4.47. The summed E-state index contributed by atoms with van der Waals surface area (Å²) in [5, 5.41) is 4.23. The Balaban J connectivity index is 1.86. The van der Waals surface area contributed by atoms with Gasteiger partial charge in [-0.2, -0.15) is 0 Å². The lowest BCUT2D eigenvalue weighted by Crippen LogP contribution is -2.14. The van der Waals surface area contributed by atoms with Crippen molar-refractivity contribution in [2.24, 2.45) is 0 Å². The second-order valence-electron chi connectivity index (χ2n) is 5.40. The molecule has 1 aliphatic heterocycles. The Hall–Kier alpha value is -1.51. The molecule has 0 atom stereocenters. The molecule has 0 saturated heterocycles. The van der Waals surface area contributed by atoms with Crippen LogP contribution in [0.5, 0.6) is 5.75 Å². The monoisotopic (exact) mass is 301 g/mol. The van der Waals surface area contributed by atoms with Crippen LogP contribution >= 0.6 is 11.6 Å². The van der Waals surface area contributed by atoms with Crippen LogP contribution in [0, 0.1) is 0 Å². The minimum atomic E-state index is 0.797. The van der Waals surface area contributed by atoms with E-state index in [9.17, 15) is 0 Å². The van der Waals surface area contributed by atoms with E-state index >= 15 is 0 Å². The van der Waals surface area contributed by atoms with Crippen LogP contribution in [0.15, 0.2) is 36.4 Å². The fourth-order valence-electron chi connectivity index (χ4n) is 2.66. The molecule has 1 heterocycles. The molecule has 2 aromatic carbocycles. The summed E-state index contributed by atoms with van der Waals surface area (Å²) < 4.78 is 5.57. The average Bonchev–Trinajstić information content (AvgIpc) is 2.97. The van der Waals surface area contributed by atoms with Crippen LogP contribution in [0.1, 0.15) is 24.5 Å². The van der Waals surface area contributed by atoms with Gasteiger partial charge in [-0.15, -0.1) is 0 Å². The van der Waals surface area contributed by atoms with Gasteiger partial charge in [0.25, 0.3) is 0 Å². The molecule has 1 aliphatic rings. The van der Waals surface area contributed by atoms with E-state index in [1.54, 1.807) is 0 Å². The summed E-state index contributed by atoms with van der Waals surface area (Å²) in [6, 6.07) is 12.7. The molecule has 0 saturated carbocycles. The molecule has 0 bridgehead atoms. The minimum absolute atomic E-state index is 0.797. The van der Waals surface area contributed by atoms with Crippen LogP contribution in [-0.2, 0) is 13.0 Å². The van der Waals surface area contributed by atoms with Crippen molar-refractivity contribution in [2.75, 3.05) is 13.2 Å². The zero-order valence-electron chi connectivity index (χ0n) is 12.3. The van der Waals surface area contributed by atoms with Crippen LogP contribution in [0.4, 0.5) is 0 Å². The standard InChI is InChI=1S/C18H20ClNO/c1-2-8-20-12-16-11-13(3-5-17(16)19)14-4-6-18-15(10-14)7-9-21-18/h3-6,10-11,20H,2,7-9,12H2,1H3. The number of fused-ring (bicyclic) bond motifs is 1. The van der Waals surface area contributed by atoms with Crippen molar-refractivity contribution >= 4 is 11.6 Å². The fourth-order valence-corrected chi connectivity index (χ4v) is 2.84. The molecule has 0 aromatic heterocycles. The quantitative estimate of drug-likeness (QED) is 0.824. The molecule has 3 heteroatoms. The van der Waals surface area contributed by atoms with Crippen molar-refractivity contribution < 1.29 is 4.74 Å². The summed E-state index contributed by atoms with van der Waals surface area (Å²) in [5.74, 6) is 1.03. The first-order chi connectivity index (χ1) is 10.3. The molecule has 110 valence electrons. The van der Waals surface area contributed by atoms with E-state index in [0.717, 1.165) is 48.9 Å². The number of benzene rings is 2. The van der Waals surface area contributed by atoms with Crippen LogP contribution < -0.4 is 10.1 Å². The number of rotatable bonds is 5. The smallest absolute Gasteiger partial charge is 0.122 e. The first-order valence-electron chi connectivity index (χ1n) is 7.53. The highest BCUT2D eigenvalue weighted by Crippen LogP contribution is 2.32. The number of halogens is 1. The molecule has 0 spiro atoms. The molecule has 3 rings (SSSR count). The SMILES string of the molecule is CCCNCc1cc(-c2ccc3c(c2)CCO3)ccc1Cl. The van der Waals surface area contributed by atoms with Crippen molar-refractivity contribution in [3.63, 3.8) is 0 Å². The first kappa shape index (κ1) is 14.4. The summed E-state index contributed by atoms with van der Waals surface area (Å²) in [5.41, 5.74) is 4.89. The second kappa shape index (κ2) is 6.50. The van der Waals surface area contributed by atoms with Crippen molar-refractivity contribution in [3.8, 4) is 16.9 Å². The molecular weight excluding hydrogens is 282 g/mol. The third kappa shape index (κ3) is 3.22. The van der Waals surface area contributed by atoms with Gasteiger partial charge in [-0.1, -0.05) is 30.7 Å². The predicted octanol–water partition coefficient (Wildman–Crippen LogP) is 4.44. The molecular formula is C18H20ClNO. The van der Waals surface area contributed by atoms with E-state index in [2.05, 4.69) is 42.6 Å². The lowest BCUT2D eigenvalue weighted by molar-refractivity contribution is 0.357. The van der Waals surface area contributed by atoms with E-state index in [1.165, 1.54) is 16.7 Å².